The molecule has 2 N–H and O–H groups in total. The highest BCUT2D eigenvalue weighted by molar-refractivity contribution is 14.0. The number of nitrogens with one attached hydrogen (secondary N) is 1. The summed E-state index contributed by atoms with van der Waals surface area (Å²) in [6.07, 6.45) is 6.22. The van der Waals surface area contributed by atoms with E-state index < -0.39 is 6.10 Å². The van der Waals surface area contributed by atoms with Crippen LogP contribution in [-0.4, -0.2) is 64.4 Å². The Balaban J connectivity index is 0.00000320. The second kappa shape index (κ2) is 12.9. The van der Waals surface area contributed by atoms with Crippen LogP contribution in [0, 0.1) is 5.92 Å². The zero-order valence-corrected chi connectivity index (χ0v) is 20.2. The highest BCUT2D eigenvalue weighted by Gasteiger charge is 2.28. The van der Waals surface area contributed by atoms with Gasteiger partial charge in [0.15, 0.2) is 5.96 Å². The summed E-state index contributed by atoms with van der Waals surface area (Å²) in [5, 5.41) is 13.7. The van der Waals surface area contributed by atoms with E-state index in [1.807, 2.05) is 49.1 Å². The molecule has 1 aromatic carbocycles. The number of guanidine groups is 1. The summed E-state index contributed by atoms with van der Waals surface area (Å²) in [5.74, 6) is 1.44. The number of aliphatic hydroxyl groups excluding tert-OH is 1. The molecule has 7 nitrogen and oxygen atoms in total. The molecule has 1 saturated heterocycles. The van der Waals surface area contributed by atoms with Crippen LogP contribution in [0.2, 0.25) is 0 Å². The average molecular weight is 527 g/mol. The van der Waals surface area contributed by atoms with E-state index in [0.717, 1.165) is 37.6 Å². The maximum Gasteiger partial charge on any atom is 0.194 e. The quantitative estimate of drug-likeness (QED) is 0.314. The van der Waals surface area contributed by atoms with Crippen molar-refractivity contribution in [3.8, 4) is 0 Å². The fourth-order valence-corrected chi connectivity index (χ4v) is 3.65. The minimum atomic E-state index is -0.625. The second-order valence-corrected chi connectivity index (χ2v) is 7.64. The van der Waals surface area contributed by atoms with Crippen molar-refractivity contribution in [2.45, 2.75) is 39.0 Å². The molecule has 0 radical (unpaired) electrons. The van der Waals surface area contributed by atoms with E-state index >= 15 is 0 Å². The Kier molecular flexibility index (Phi) is 10.6. The van der Waals surface area contributed by atoms with Crippen molar-refractivity contribution in [1.29, 1.82) is 0 Å². The second-order valence-electron chi connectivity index (χ2n) is 7.64. The van der Waals surface area contributed by atoms with Crippen LogP contribution in [-0.2, 0) is 11.3 Å². The number of nitrogens with zero attached hydrogens (tertiary/aromatic N) is 4. The number of halogens is 1. The lowest BCUT2D eigenvalue weighted by molar-refractivity contribution is 0.0329. The van der Waals surface area contributed by atoms with Crippen molar-refractivity contribution >= 4 is 29.9 Å². The number of aromatic nitrogens is 2. The van der Waals surface area contributed by atoms with E-state index in [1.165, 1.54) is 0 Å². The van der Waals surface area contributed by atoms with Gasteiger partial charge >= 0.3 is 0 Å². The maximum atomic E-state index is 10.3. The van der Waals surface area contributed by atoms with Crippen LogP contribution in [0.15, 0.2) is 54.0 Å². The molecule has 0 saturated carbocycles. The summed E-state index contributed by atoms with van der Waals surface area (Å²) in [6, 6.07) is 10.4. The van der Waals surface area contributed by atoms with Gasteiger partial charge < -0.3 is 24.6 Å². The lowest BCUT2D eigenvalue weighted by Crippen LogP contribution is -2.49. The van der Waals surface area contributed by atoms with Crippen LogP contribution in [0.25, 0.3) is 0 Å². The number of imidazole rings is 1. The van der Waals surface area contributed by atoms with Crippen molar-refractivity contribution in [3.63, 3.8) is 0 Å². The van der Waals surface area contributed by atoms with Gasteiger partial charge in [0.1, 0.15) is 0 Å². The van der Waals surface area contributed by atoms with E-state index in [2.05, 4.69) is 38.6 Å². The number of rotatable bonds is 8. The van der Waals surface area contributed by atoms with Gasteiger partial charge in [-0.15, -0.1) is 24.0 Å². The molecule has 30 heavy (non-hydrogen) atoms. The number of aliphatic hydroxyl groups is 1. The van der Waals surface area contributed by atoms with Crippen LogP contribution in [0.4, 0.5) is 0 Å². The number of ether oxygens (including phenoxy) is 1. The normalized spacial score (nSPS) is 20.5. The average Bonchev–Trinajstić information content (AvgIpc) is 3.27. The summed E-state index contributed by atoms with van der Waals surface area (Å²) >= 11 is 0. The molecule has 1 aromatic heterocycles. The number of piperidine rings is 1. The third kappa shape index (κ3) is 7.24. The Morgan fingerprint density at radius 3 is 2.87 bits per heavy atom. The van der Waals surface area contributed by atoms with Crippen LogP contribution in [0.5, 0.6) is 0 Å². The van der Waals surface area contributed by atoms with E-state index in [1.54, 1.807) is 0 Å². The molecule has 1 aliphatic rings. The zero-order chi connectivity index (χ0) is 20.5. The Hall–Kier alpha value is -1.65. The fraction of sp³-hybridized carbons (Fsp3) is 0.545. The molecule has 1 fully saturated rings. The van der Waals surface area contributed by atoms with E-state index in [4.69, 9.17) is 4.74 Å². The van der Waals surface area contributed by atoms with Gasteiger partial charge in [0, 0.05) is 32.0 Å². The summed E-state index contributed by atoms with van der Waals surface area (Å²) in [6.45, 7) is 8.07. The van der Waals surface area contributed by atoms with E-state index in [9.17, 15) is 5.11 Å². The Labute approximate surface area is 196 Å². The highest BCUT2D eigenvalue weighted by Crippen LogP contribution is 2.27. The third-order valence-electron chi connectivity index (χ3n) is 5.33. The van der Waals surface area contributed by atoms with Gasteiger partial charge in [-0.25, -0.2) is 4.98 Å². The lowest BCUT2D eigenvalue weighted by atomic mass is 9.93. The van der Waals surface area contributed by atoms with Crippen LogP contribution in [0.3, 0.4) is 0 Å². The molecular weight excluding hydrogens is 493 g/mol. The monoisotopic (exact) mass is 527 g/mol. The van der Waals surface area contributed by atoms with Crippen molar-refractivity contribution in [2.24, 2.45) is 10.9 Å². The SMILES string of the molecule is CCNC(=NCC(O)COCc1ccccc1)N1CCC(C)C(n2ccnc2)C1.I. The van der Waals surface area contributed by atoms with Gasteiger partial charge in [0.2, 0.25) is 0 Å². The molecule has 0 bridgehead atoms. The number of likely N-dealkylation sites (tertiary alicyclic amines) is 1. The first-order valence-electron chi connectivity index (χ1n) is 10.5. The minimum Gasteiger partial charge on any atom is -0.389 e. The Morgan fingerprint density at radius 2 is 2.17 bits per heavy atom. The van der Waals surface area contributed by atoms with Gasteiger partial charge in [0.25, 0.3) is 0 Å². The predicted molar refractivity (Wildman–Crippen MR) is 130 cm³/mol. The summed E-state index contributed by atoms with van der Waals surface area (Å²) in [4.78, 5) is 11.2. The van der Waals surface area contributed by atoms with Gasteiger partial charge in [-0.05, 0) is 24.8 Å². The van der Waals surface area contributed by atoms with Crippen molar-refractivity contribution < 1.29 is 9.84 Å². The fourth-order valence-electron chi connectivity index (χ4n) is 3.65. The van der Waals surface area contributed by atoms with Crippen LogP contribution in [0.1, 0.15) is 31.9 Å². The van der Waals surface area contributed by atoms with E-state index in [-0.39, 0.29) is 30.6 Å². The molecule has 0 spiro atoms. The predicted octanol–water partition coefficient (Wildman–Crippen LogP) is 2.93. The van der Waals surface area contributed by atoms with Gasteiger partial charge in [0.05, 0.1) is 38.2 Å². The summed E-state index contributed by atoms with van der Waals surface area (Å²) in [5.41, 5.74) is 1.10. The lowest BCUT2D eigenvalue weighted by Gasteiger charge is -2.39. The summed E-state index contributed by atoms with van der Waals surface area (Å²) in [7, 11) is 0. The number of hydrogen-bond acceptors (Lipinski definition) is 4. The van der Waals surface area contributed by atoms with Crippen LogP contribution >= 0.6 is 24.0 Å². The smallest absolute Gasteiger partial charge is 0.194 e. The molecule has 0 aliphatic carbocycles. The number of hydrogen-bond donors (Lipinski definition) is 2. The highest BCUT2D eigenvalue weighted by atomic mass is 127. The molecule has 1 aliphatic heterocycles. The first-order chi connectivity index (χ1) is 14.2. The Bertz CT molecular complexity index is 741. The third-order valence-corrected chi connectivity index (χ3v) is 5.33. The number of benzene rings is 1. The van der Waals surface area contributed by atoms with Crippen LogP contribution < -0.4 is 5.32 Å². The standard InChI is InChI=1S/C22H33N5O2.HI/c1-3-24-22(25-13-20(28)16-29-15-19-7-5-4-6-8-19)26-11-9-18(2)21(14-26)27-12-10-23-17-27;/h4-8,10,12,17-18,20-21,28H,3,9,11,13-16H2,1-2H3,(H,24,25);1H. The van der Waals surface area contributed by atoms with Crippen molar-refractivity contribution in [2.75, 3.05) is 32.8 Å². The molecule has 8 heteroatoms. The molecule has 0 amide bonds. The minimum absolute atomic E-state index is 0. The van der Waals surface area contributed by atoms with Gasteiger partial charge in [-0.3, -0.25) is 4.99 Å². The molecular formula is C22H34IN5O2. The van der Waals surface area contributed by atoms with E-state index in [0.29, 0.717) is 25.1 Å². The molecule has 3 rings (SSSR count). The van der Waals surface area contributed by atoms with Gasteiger partial charge in [-0.2, -0.15) is 0 Å². The van der Waals surface area contributed by atoms with Crippen molar-refractivity contribution in [1.82, 2.24) is 19.8 Å². The number of aliphatic imine (C=N–C) groups is 1. The molecule has 166 valence electrons. The topological polar surface area (TPSA) is 74.9 Å². The van der Waals surface area contributed by atoms with Crippen molar-refractivity contribution in [3.05, 3.63) is 54.6 Å². The zero-order valence-electron chi connectivity index (χ0n) is 17.9. The first kappa shape index (κ1) is 24.6. The molecule has 3 atom stereocenters. The molecule has 2 heterocycles. The maximum absolute atomic E-state index is 10.3. The molecule has 3 unspecified atom stereocenters. The largest absolute Gasteiger partial charge is 0.389 e. The summed E-state index contributed by atoms with van der Waals surface area (Å²) < 4.78 is 7.82. The Morgan fingerprint density at radius 1 is 1.37 bits per heavy atom. The van der Waals surface area contributed by atoms with Gasteiger partial charge in [-0.1, -0.05) is 37.3 Å². The first-order valence-corrected chi connectivity index (χ1v) is 10.5. The molecule has 2 aromatic rings.